The molecule has 0 spiro atoms. The number of rotatable bonds is 7. The Hall–Kier alpha value is -3.54. The summed E-state index contributed by atoms with van der Waals surface area (Å²) in [5.41, 5.74) is 3.93. The molecule has 4 nitrogen and oxygen atoms in total. The number of hydrogen-bond acceptors (Lipinski definition) is 3. The van der Waals surface area contributed by atoms with Gasteiger partial charge in [0.15, 0.2) is 0 Å². The summed E-state index contributed by atoms with van der Waals surface area (Å²) in [6, 6.07) is 33.1. The van der Waals surface area contributed by atoms with Crippen LogP contribution in [0, 0.1) is 10.1 Å². The Kier molecular flexibility index (Phi) is 6.30. The van der Waals surface area contributed by atoms with Gasteiger partial charge in [0.05, 0.1) is 16.1 Å². The summed E-state index contributed by atoms with van der Waals surface area (Å²) >= 11 is 0. The van der Waals surface area contributed by atoms with Crippen LogP contribution < -0.4 is 0 Å². The average Bonchev–Trinajstić information content (AvgIpc) is 2.86. The molecule has 0 saturated heterocycles. The van der Waals surface area contributed by atoms with Gasteiger partial charge in [0.1, 0.15) is 16.1 Å². The van der Waals surface area contributed by atoms with E-state index in [2.05, 4.69) is 0 Å². The van der Waals surface area contributed by atoms with Crippen molar-refractivity contribution >= 4 is 16.2 Å². The third kappa shape index (κ3) is 3.77. The maximum Gasteiger partial charge on any atom is 0.284 e. The van der Waals surface area contributed by atoms with E-state index in [1.807, 2.05) is 110 Å². The maximum absolute atomic E-state index is 12.7. The van der Waals surface area contributed by atoms with Crippen LogP contribution in [0.5, 0.6) is 0 Å². The summed E-state index contributed by atoms with van der Waals surface area (Å²) in [6.45, 7) is 2.02. The van der Waals surface area contributed by atoms with Crippen LogP contribution in [-0.4, -0.2) is 15.4 Å². The van der Waals surface area contributed by atoms with Crippen LogP contribution in [0.4, 0.5) is 5.69 Å². The lowest BCUT2D eigenvalue weighted by atomic mass is 9.80. The SMILES string of the molecule is CCC(O[SiH3])(c1ccccc1)c1ccc(-c2ccccc2)c(-c2ccccc2)c1[N+](=O)[O-]. The van der Waals surface area contributed by atoms with Gasteiger partial charge < -0.3 is 4.43 Å². The molecule has 1 unspecified atom stereocenters. The molecule has 4 rings (SSSR count). The lowest BCUT2D eigenvalue weighted by Crippen LogP contribution is -2.31. The molecule has 1 atom stereocenters. The zero-order valence-corrected chi connectivity index (χ0v) is 20.2. The number of benzene rings is 4. The smallest absolute Gasteiger partial charge is 0.284 e. The molecule has 0 aliphatic carbocycles. The summed E-state index contributed by atoms with van der Waals surface area (Å²) < 4.78 is 6.22. The van der Waals surface area contributed by atoms with Crippen LogP contribution in [-0.2, 0) is 10.0 Å². The lowest BCUT2D eigenvalue weighted by molar-refractivity contribution is -0.385. The molecule has 4 aromatic carbocycles. The minimum Gasteiger partial charge on any atom is -0.414 e. The summed E-state index contributed by atoms with van der Waals surface area (Å²) in [5, 5.41) is 12.7. The van der Waals surface area contributed by atoms with Crippen molar-refractivity contribution in [2.75, 3.05) is 0 Å². The predicted octanol–water partition coefficient (Wildman–Crippen LogP) is 5.88. The molecular weight excluding hydrogens is 414 g/mol. The Labute approximate surface area is 191 Å². The van der Waals surface area contributed by atoms with E-state index in [1.54, 1.807) is 0 Å². The van der Waals surface area contributed by atoms with E-state index in [0.717, 1.165) is 22.3 Å². The van der Waals surface area contributed by atoms with Gasteiger partial charge in [-0.1, -0.05) is 104 Å². The topological polar surface area (TPSA) is 52.4 Å². The normalized spacial score (nSPS) is 12.9. The third-order valence-electron chi connectivity index (χ3n) is 6.03. The molecule has 5 heteroatoms. The fourth-order valence-corrected chi connectivity index (χ4v) is 5.24. The van der Waals surface area contributed by atoms with E-state index in [9.17, 15) is 10.1 Å². The van der Waals surface area contributed by atoms with Crippen molar-refractivity contribution in [1.82, 2.24) is 0 Å². The predicted molar refractivity (Wildman–Crippen MR) is 133 cm³/mol. The van der Waals surface area contributed by atoms with Gasteiger partial charge in [0.25, 0.3) is 5.69 Å². The Morgan fingerprint density at radius 2 is 1.34 bits per heavy atom. The Bertz CT molecular complexity index is 1210. The molecule has 0 aliphatic rings. The van der Waals surface area contributed by atoms with Crippen LogP contribution in [0.2, 0.25) is 0 Å². The van der Waals surface area contributed by atoms with E-state index in [1.165, 1.54) is 0 Å². The first-order valence-electron chi connectivity index (χ1n) is 10.7. The van der Waals surface area contributed by atoms with Crippen LogP contribution in [0.3, 0.4) is 0 Å². The van der Waals surface area contributed by atoms with E-state index < -0.39 is 5.60 Å². The molecule has 0 fully saturated rings. The Balaban J connectivity index is 2.11. The van der Waals surface area contributed by atoms with Gasteiger partial charge in [-0.3, -0.25) is 10.1 Å². The fraction of sp³-hybridized carbons (Fsp3) is 0.111. The molecule has 0 aromatic heterocycles. The number of nitrogens with zero attached hydrogens (tertiary/aromatic N) is 1. The summed E-state index contributed by atoms with van der Waals surface area (Å²) in [6.07, 6.45) is 0.584. The van der Waals surface area contributed by atoms with Crippen LogP contribution in [0.15, 0.2) is 103 Å². The molecule has 4 aromatic rings. The second-order valence-electron chi connectivity index (χ2n) is 7.62. The summed E-state index contributed by atoms with van der Waals surface area (Å²) in [4.78, 5) is 12.4. The highest BCUT2D eigenvalue weighted by molar-refractivity contribution is 5.99. The average molecular weight is 440 g/mol. The lowest BCUT2D eigenvalue weighted by Gasteiger charge is -2.33. The summed E-state index contributed by atoms with van der Waals surface area (Å²) in [7, 11) is 0.439. The Morgan fingerprint density at radius 1 is 0.812 bits per heavy atom. The largest absolute Gasteiger partial charge is 0.414 e. The first-order chi connectivity index (χ1) is 15.6. The fourth-order valence-electron chi connectivity index (χ4n) is 4.49. The zero-order chi connectivity index (χ0) is 22.6. The van der Waals surface area contributed by atoms with E-state index >= 15 is 0 Å². The van der Waals surface area contributed by atoms with Crippen LogP contribution >= 0.6 is 0 Å². The highest BCUT2D eigenvalue weighted by Gasteiger charge is 2.40. The van der Waals surface area contributed by atoms with Crippen molar-refractivity contribution in [3.8, 4) is 22.3 Å². The molecular formula is C27H25NO3Si. The minimum atomic E-state index is -0.880. The van der Waals surface area contributed by atoms with Gasteiger partial charge in [0.2, 0.25) is 0 Å². The molecule has 0 heterocycles. The first kappa shape index (κ1) is 21.7. The van der Waals surface area contributed by atoms with Gasteiger partial charge in [-0.05, 0) is 34.7 Å². The molecule has 160 valence electrons. The van der Waals surface area contributed by atoms with Gasteiger partial charge in [-0.2, -0.15) is 0 Å². The van der Waals surface area contributed by atoms with Gasteiger partial charge in [-0.25, -0.2) is 0 Å². The number of hydrogen-bond donors (Lipinski definition) is 0. The number of nitro groups is 1. The molecule has 0 radical (unpaired) electrons. The van der Waals surface area contributed by atoms with E-state index in [4.69, 9.17) is 4.43 Å². The maximum atomic E-state index is 12.7. The van der Waals surface area contributed by atoms with Crippen LogP contribution in [0.1, 0.15) is 24.5 Å². The highest BCUT2D eigenvalue weighted by Crippen LogP contribution is 2.48. The van der Waals surface area contributed by atoms with Crippen LogP contribution in [0.25, 0.3) is 22.3 Å². The first-order valence-corrected chi connectivity index (χ1v) is 11.5. The van der Waals surface area contributed by atoms with Crippen molar-refractivity contribution in [2.45, 2.75) is 18.9 Å². The van der Waals surface area contributed by atoms with Crippen molar-refractivity contribution in [3.63, 3.8) is 0 Å². The second kappa shape index (κ2) is 9.30. The molecule has 0 saturated carbocycles. The number of nitro benzene ring substituents is 1. The van der Waals surface area contributed by atoms with Crippen molar-refractivity contribution in [3.05, 3.63) is 124 Å². The molecule has 0 aliphatic heterocycles. The summed E-state index contributed by atoms with van der Waals surface area (Å²) in [5.74, 6) is 0. The van der Waals surface area contributed by atoms with Gasteiger partial charge in [0, 0.05) is 0 Å². The van der Waals surface area contributed by atoms with Crippen molar-refractivity contribution in [2.24, 2.45) is 0 Å². The quantitative estimate of drug-likeness (QED) is 0.205. The minimum absolute atomic E-state index is 0.0964. The van der Waals surface area contributed by atoms with E-state index in [0.29, 0.717) is 28.0 Å². The molecule has 0 N–H and O–H groups in total. The third-order valence-corrected chi connectivity index (χ3v) is 6.73. The molecule has 32 heavy (non-hydrogen) atoms. The highest BCUT2D eigenvalue weighted by atomic mass is 28.2. The standard InChI is InChI=1S/C27H25NO3Si/c1-2-27(31-32,22-16-10-5-11-17-22)24-19-18-23(20-12-6-3-7-13-20)25(26(24)28(29)30)21-14-8-4-9-15-21/h3-19H,2H2,1,32H3. The van der Waals surface area contributed by atoms with E-state index in [-0.39, 0.29) is 10.6 Å². The van der Waals surface area contributed by atoms with Gasteiger partial charge in [-0.15, -0.1) is 0 Å². The second-order valence-corrected chi connectivity index (χ2v) is 8.03. The van der Waals surface area contributed by atoms with Crippen molar-refractivity contribution < 1.29 is 9.35 Å². The monoisotopic (exact) mass is 439 g/mol. The molecule has 0 amide bonds. The van der Waals surface area contributed by atoms with Gasteiger partial charge >= 0.3 is 0 Å². The Morgan fingerprint density at radius 3 is 1.84 bits per heavy atom. The molecule has 0 bridgehead atoms. The zero-order valence-electron chi connectivity index (χ0n) is 18.2. The van der Waals surface area contributed by atoms with Crippen molar-refractivity contribution in [1.29, 1.82) is 0 Å².